The topological polar surface area (TPSA) is 145 Å². The molecule has 1 aliphatic carbocycles. The molecule has 0 atom stereocenters. The minimum Gasteiger partial charge on any atom is -0.339 e. The number of H-pyrrole nitrogens is 2. The molecule has 5 aromatic rings. The molecule has 2 amide bonds. The van der Waals surface area contributed by atoms with Crippen molar-refractivity contribution in [3.63, 3.8) is 0 Å². The quantitative estimate of drug-likeness (QED) is 0.311. The molecule has 37 heavy (non-hydrogen) atoms. The van der Waals surface area contributed by atoms with Crippen LogP contribution in [0.1, 0.15) is 37.0 Å². The second kappa shape index (κ2) is 9.08. The number of carbonyl (C=O) groups is 2. The molecule has 5 aromatic heterocycles. The lowest BCUT2D eigenvalue weighted by Crippen LogP contribution is -2.30. The summed E-state index contributed by atoms with van der Waals surface area (Å²) in [4.78, 5) is 48.0. The molecule has 0 aromatic carbocycles. The van der Waals surface area contributed by atoms with E-state index in [-0.39, 0.29) is 17.7 Å². The molecule has 3 N–H and O–H groups in total. The lowest BCUT2D eigenvalue weighted by Gasteiger charge is -2.18. The van der Waals surface area contributed by atoms with E-state index in [1.807, 2.05) is 26.0 Å². The fourth-order valence-corrected chi connectivity index (χ4v) is 4.38. The van der Waals surface area contributed by atoms with E-state index >= 15 is 0 Å². The molecule has 186 valence electrons. The average molecular weight is 496 g/mol. The SMILES string of the molecule is CCN(CC)C(=O)c1ccnc2nc(-c3[nH]nc4ncc(-c5cncc(NC(=O)C6CC6)c5)cc34)[nH]c12. The number of imidazole rings is 1. The predicted molar refractivity (Wildman–Crippen MR) is 139 cm³/mol. The molecule has 0 bridgehead atoms. The van der Waals surface area contributed by atoms with Gasteiger partial charge in [0.25, 0.3) is 5.91 Å². The lowest BCUT2D eigenvalue weighted by atomic mass is 10.1. The number of hydrogen-bond donors (Lipinski definition) is 3. The second-order valence-corrected chi connectivity index (χ2v) is 9.04. The van der Waals surface area contributed by atoms with E-state index in [0.717, 1.165) is 29.4 Å². The standard InChI is InChI=1S/C26H25N9O2/c1-3-35(4-2)26(37)18-7-8-28-23-20(18)31-24(32-23)21-19-10-16(12-29-22(19)34-33-21)15-9-17(13-27-11-15)30-25(36)14-5-6-14/h7-14H,3-6H2,1-2H3,(H,30,36)(H,28,31,32)(H,29,33,34). The van der Waals surface area contributed by atoms with Crippen molar-refractivity contribution < 1.29 is 9.59 Å². The zero-order valence-corrected chi connectivity index (χ0v) is 20.4. The van der Waals surface area contributed by atoms with Crippen molar-refractivity contribution in [2.75, 3.05) is 18.4 Å². The molecule has 1 aliphatic rings. The summed E-state index contributed by atoms with van der Waals surface area (Å²) in [5.74, 6) is 0.567. The summed E-state index contributed by atoms with van der Waals surface area (Å²) in [6.07, 6.45) is 8.55. The number of fused-ring (bicyclic) bond motifs is 2. The summed E-state index contributed by atoms with van der Waals surface area (Å²) in [5.41, 5.74) is 4.98. The molecule has 6 rings (SSSR count). The van der Waals surface area contributed by atoms with Crippen molar-refractivity contribution in [1.82, 2.24) is 40.0 Å². The highest BCUT2D eigenvalue weighted by Gasteiger charge is 2.29. The zero-order chi connectivity index (χ0) is 25.5. The van der Waals surface area contributed by atoms with Gasteiger partial charge in [0.15, 0.2) is 17.1 Å². The predicted octanol–water partition coefficient (Wildman–Crippen LogP) is 3.79. The number of rotatable bonds is 7. The molecule has 0 saturated heterocycles. The maximum Gasteiger partial charge on any atom is 0.256 e. The Bertz CT molecular complexity index is 1650. The van der Waals surface area contributed by atoms with Gasteiger partial charge in [-0.05, 0) is 44.9 Å². The Balaban J connectivity index is 1.38. The van der Waals surface area contributed by atoms with Gasteiger partial charge in [-0.25, -0.2) is 15.0 Å². The van der Waals surface area contributed by atoms with Crippen LogP contribution in [0.4, 0.5) is 5.69 Å². The van der Waals surface area contributed by atoms with Gasteiger partial charge < -0.3 is 15.2 Å². The van der Waals surface area contributed by atoms with E-state index in [2.05, 4.69) is 40.4 Å². The molecule has 1 saturated carbocycles. The third-order valence-corrected chi connectivity index (χ3v) is 6.61. The highest BCUT2D eigenvalue weighted by Crippen LogP contribution is 2.32. The normalized spacial score (nSPS) is 13.2. The Labute approximate surface area is 211 Å². The molecule has 0 aliphatic heterocycles. The highest BCUT2D eigenvalue weighted by molar-refractivity contribution is 6.05. The smallest absolute Gasteiger partial charge is 0.256 e. The van der Waals surface area contributed by atoms with Crippen molar-refractivity contribution in [3.05, 3.63) is 48.5 Å². The van der Waals surface area contributed by atoms with Crippen LogP contribution in [-0.2, 0) is 4.79 Å². The number of anilines is 1. The maximum absolute atomic E-state index is 13.1. The first kappa shape index (κ1) is 22.8. The van der Waals surface area contributed by atoms with Crippen LogP contribution in [-0.4, -0.2) is 64.9 Å². The minimum atomic E-state index is -0.0767. The van der Waals surface area contributed by atoms with Crippen molar-refractivity contribution in [2.45, 2.75) is 26.7 Å². The molecule has 0 radical (unpaired) electrons. The van der Waals surface area contributed by atoms with Gasteiger partial charge in [0.1, 0.15) is 5.69 Å². The Morgan fingerprint density at radius 3 is 2.65 bits per heavy atom. The summed E-state index contributed by atoms with van der Waals surface area (Å²) >= 11 is 0. The lowest BCUT2D eigenvalue weighted by molar-refractivity contribution is -0.117. The van der Waals surface area contributed by atoms with E-state index in [1.165, 1.54) is 0 Å². The largest absolute Gasteiger partial charge is 0.339 e. The van der Waals surface area contributed by atoms with Crippen LogP contribution in [0.15, 0.2) is 43.0 Å². The van der Waals surface area contributed by atoms with Gasteiger partial charge in [0.2, 0.25) is 5.91 Å². The number of nitrogens with zero attached hydrogens (tertiary/aromatic N) is 6. The third kappa shape index (κ3) is 4.18. The molecule has 11 nitrogen and oxygen atoms in total. The van der Waals surface area contributed by atoms with Crippen LogP contribution in [0.3, 0.4) is 0 Å². The molecule has 1 fully saturated rings. The summed E-state index contributed by atoms with van der Waals surface area (Å²) in [5, 5.41) is 11.0. The Morgan fingerprint density at radius 2 is 1.86 bits per heavy atom. The maximum atomic E-state index is 13.1. The highest BCUT2D eigenvalue weighted by atomic mass is 16.2. The third-order valence-electron chi connectivity index (χ3n) is 6.61. The Morgan fingerprint density at radius 1 is 1.05 bits per heavy atom. The van der Waals surface area contributed by atoms with Crippen LogP contribution in [0.25, 0.3) is 44.8 Å². The average Bonchev–Trinajstić information content (AvgIpc) is 3.55. The Hall–Kier alpha value is -4.67. The number of nitrogens with one attached hydrogen (secondary N) is 3. The van der Waals surface area contributed by atoms with Crippen molar-refractivity contribution in [2.24, 2.45) is 5.92 Å². The first-order chi connectivity index (χ1) is 18.1. The van der Waals surface area contributed by atoms with Gasteiger partial charge in [-0.2, -0.15) is 5.10 Å². The first-order valence-corrected chi connectivity index (χ1v) is 12.3. The number of carbonyl (C=O) groups excluding carboxylic acids is 2. The summed E-state index contributed by atoms with van der Waals surface area (Å²) in [7, 11) is 0. The van der Waals surface area contributed by atoms with Gasteiger partial charge in [-0.15, -0.1) is 0 Å². The van der Waals surface area contributed by atoms with E-state index in [1.54, 1.807) is 35.8 Å². The summed E-state index contributed by atoms with van der Waals surface area (Å²) in [6, 6.07) is 5.54. The van der Waals surface area contributed by atoms with Crippen molar-refractivity contribution in [1.29, 1.82) is 0 Å². The zero-order valence-electron chi connectivity index (χ0n) is 20.4. The second-order valence-electron chi connectivity index (χ2n) is 9.04. The van der Waals surface area contributed by atoms with Gasteiger partial charge in [0.05, 0.1) is 28.4 Å². The minimum absolute atomic E-state index is 0.0296. The van der Waals surface area contributed by atoms with Crippen LogP contribution in [0.2, 0.25) is 0 Å². The van der Waals surface area contributed by atoms with Crippen LogP contribution < -0.4 is 5.32 Å². The van der Waals surface area contributed by atoms with Crippen LogP contribution in [0.5, 0.6) is 0 Å². The fraction of sp³-hybridized carbons (Fsp3) is 0.269. The molecule has 5 heterocycles. The van der Waals surface area contributed by atoms with Crippen LogP contribution >= 0.6 is 0 Å². The summed E-state index contributed by atoms with van der Waals surface area (Å²) < 4.78 is 0. The molecular formula is C26H25N9O2. The van der Waals surface area contributed by atoms with Gasteiger partial charge in [0, 0.05) is 48.7 Å². The van der Waals surface area contributed by atoms with Gasteiger partial charge >= 0.3 is 0 Å². The number of hydrogen-bond acceptors (Lipinski definition) is 7. The monoisotopic (exact) mass is 495 g/mol. The van der Waals surface area contributed by atoms with Gasteiger partial charge in [-0.1, -0.05) is 0 Å². The molecular weight excluding hydrogens is 470 g/mol. The Kier molecular flexibility index (Phi) is 5.59. The first-order valence-electron chi connectivity index (χ1n) is 12.3. The van der Waals surface area contributed by atoms with E-state index < -0.39 is 0 Å². The molecule has 11 heteroatoms. The van der Waals surface area contributed by atoms with Gasteiger partial charge in [-0.3, -0.25) is 19.7 Å². The van der Waals surface area contributed by atoms with Crippen molar-refractivity contribution >= 4 is 39.7 Å². The fourth-order valence-electron chi connectivity index (χ4n) is 4.38. The summed E-state index contributed by atoms with van der Waals surface area (Å²) in [6.45, 7) is 5.12. The van der Waals surface area contributed by atoms with E-state index in [9.17, 15) is 9.59 Å². The van der Waals surface area contributed by atoms with E-state index in [4.69, 9.17) is 0 Å². The van der Waals surface area contributed by atoms with E-state index in [0.29, 0.717) is 52.7 Å². The number of amides is 2. The van der Waals surface area contributed by atoms with Crippen LogP contribution in [0, 0.1) is 5.92 Å². The number of aromatic nitrogens is 7. The van der Waals surface area contributed by atoms with Crippen molar-refractivity contribution in [3.8, 4) is 22.6 Å². The number of aromatic amines is 2. The number of pyridine rings is 3. The molecule has 0 unspecified atom stereocenters. The molecule has 0 spiro atoms.